The van der Waals surface area contributed by atoms with Crippen molar-refractivity contribution in [1.82, 2.24) is 9.97 Å². The predicted octanol–water partition coefficient (Wildman–Crippen LogP) is 3.43. The highest BCUT2D eigenvalue weighted by Gasteiger charge is 2.19. The number of nitrogens with zero attached hydrogens (tertiary/aromatic N) is 2. The first kappa shape index (κ1) is 11.6. The van der Waals surface area contributed by atoms with Crippen LogP contribution in [0.5, 0.6) is 0 Å². The van der Waals surface area contributed by atoms with Crippen molar-refractivity contribution < 1.29 is 0 Å². The van der Waals surface area contributed by atoms with Crippen LogP contribution in [-0.4, -0.2) is 16.0 Å². The molecule has 1 N–H and O–H groups in total. The molecule has 0 bridgehead atoms. The molecule has 0 aromatic carbocycles. The fraction of sp³-hybridized carbons (Fsp3) is 0.667. The monoisotopic (exact) mass is 239 g/mol. The first-order chi connectivity index (χ1) is 7.63. The molecule has 3 nitrogen and oxygen atoms in total. The largest absolute Gasteiger partial charge is 0.351 e. The third-order valence-corrected chi connectivity index (χ3v) is 3.29. The molecule has 0 amide bonds. The summed E-state index contributed by atoms with van der Waals surface area (Å²) in [6.45, 7) is 4.24. The molecule has 0 aliphatic heterocycles. The second kappa shape index (κ2) is 5.00. The van der Waals surface area contributed by atoms with Gasteiger partial charge in [-0.3, -0.25) is 0 Å². The molecular formula is C12H18ClN3. The predicted molar refractivity (Wildman–Crippen MR) is 66.8 cm³/mol. The molecule has 1 aliphatic carbocycles. The normalized spacial score (nSPS) is 25.4. The summed E-state index contributed by atoms with van der Waals surface area (Å²) in [7, 11) is 0. The Balaban J connectivity index is 2.02. The lowest BCUT2D eigenvalue weighted by Crippen LogP contribution is -2.27. The summed E-state index contributed by atoms with van der Waals surface area (Å²) in [5.74, 6) is 1.47. The van der Waals surface area contributed by atoms with E-state index in [9.17, 15) is 0 Å². The average Bonchev–Trinajstić information content (AvgIpc) is 2.15. The maximum absolute atomic E-state index is 5.91. The lowest BCUT2D eigenvalue weighted by Gasteiger charge is -2.27. The van der Waals surface area contributed by atoms with E-state index in [4.69, 9.17) is 11.6 Å². The summed E-state index contributed by atoms with van der Waals surface area (Å²) in [4.78, 5) is 8.54. The van der Waals surface area contributed by atoms with Crippen molar-refractivity contribution in [3.05, 3.63) is 16.9 Å². The fourth-order valence-electron chi connectivity index (χ4n) is 2.34. The molecular weight excluding hydrogens is 222 g/mol. The summed E-state index contributed by atoms with van der Waals surface area (Å²) in [6.07, 6.45) is 5.04. The van der Waals surface area contributed by atoms with Crippen LogP contribution in [0.2, 0.25) is 5.15 Å². The van der Waals surface area contributed by atoms with E-state index in [1.807, 2.05) is 6.92 Å². The van der Waals surface area contributed by atoms with Crippen LogP contribution in [0.1, 0.15) is 38.3 Å². The van der Waals surface area contributed by atoms with Crippen LogP contribution in [-0.2, 0) is 0 Å². The molecule has 88 valence electrons. The third kappa shape index (κ3) is 3.08. The Labute approximate surface area is 102 Å². The van der Waals surface area contributed by atoms with Gasteiger partial charge in [-0.05, 0) is 31.7 Å². The molecule has 0 spiro atoms. The number of hydrogen-bond donors (Lipinski definition) is 1. The summed E-state index contributed by atoms with van der Waals surface area (Å²) >= 11 is 5.91. The van der Waals surface area contributed by atoms with Crippen LogP contribution >= 0.6 is 11.6 Å². The molecule has 2 rings (SSSR count). The molecule has 2 atom stereocenters. The highest BCUT2D eigenvalue weighted by molar-refractivity contribution is 6.29. The van der Waals surface area contributed by atoms with E-state index < -0.39 is 0 Å². The first-order valence-corrected chi connectivity index (χ1v) is 6.29. The summed E-state index contributed by atoms with van der Waals surface area (Å²) in [6, 6.07) is 2.28. The molecule has 1 saturated carbocycles. The molecule has 16 heavy (non-hydrogen) atoms. The Morgan fingerprint density at radius 1 is 1.38 bits per heavy atom. The number of nitrogens with one attached hydrogen (secondary N) is 1. The van der Waals surface area contributed by atoms with Crippen molar-refractivity contribution >= 4 is 17.5 Å². The van der Waals surface area contributed by atoms with Gasteiger partial charge in [0.25, 0.3) is 0 Å². The van der Waals surface area contributed by atoms with Crippen molar-refractivity contribution in [1.29, 1.82) is 0 Å². The van der Waals surface area contributed by atoms with E-state index >= 15 is 0 Å². The number of anilines is 1. The van der Waals surface area contributed by atoms with Gasteiger partial charge in [0, 0.05) is 11.7 Å². The molecule has 1 fully saturated rings. The molecule has 4 heteroatoms. The SMILES string of the molecule is Cc1cc(Cl)nc(NC2CCCC(C)C2)n1. The Morgan fingerprint density at radius 3 is 2.88 bits per heavy atom. The van der Waals surface area contributed by atoms with Gasteiger partial charge in [-0.25, -0.2) is 9.97 Å². The van der Waals surface area contributed by atoms with Gasteiger partial charge in [0.2, 0.25) is 5.95 Å². The zero-order chi connectivity index (χ0) is 11.5. The number of aryl methyl sites for hydroxylation is 1. The van der Waals surface area contributed by atoms with Gasteiger partial charge in [-0.2, -0.15) is 0 Å². The molecule has 2 unspecified atom stereocenters. The number of halogens is 1. The van der Waals surface area contributed by atoms with E-state index in [2.05, 4.69) is 22.2 Å². The Kier molecular flexibility index (Phi) is 3.64. The fourth-order valence-corrected chi connectivity index (χ4v) is 2.58. The smallest absolute Gasteiger partial charge is 0.224 e. The zero-order valence-corrected chi connectivity index (χ0v) is 10.6. The minimum absolute atomic E-state index is 0.501. The van der Waals surface area contributed by atoms with Crippen LogP contribution in [0.15, 0.2) is 6.07 Å². The van der Waals surface area contributed by atoms with Crippen LogP contribution in [0, 0.1) is 12.8 Å². The van der Waals surface area contributed by atoms with Gasteiger partial charge in [0.05, 0.1) is 0 Å². The second-order valence-electron chi connectivity index (χ2n) is 4.77. The molecule has 1 heterocycles. The van der Waals surface area contributed by atoms with Crippen molar-refractivity contribution in [3.63, 3.8) is 0 Å². The summed E-state index contributed by atoms with van der Waals surface area (Å²) < 4.78 is 0. The lowest BCUT2D eigenvalue weighted by molar-refractivity contribution is 0.357. The van der Waals surface area contributed by atoms with Gasteiger partial charge in [-0.15, -0.1) is 0 Å². The van der Waals surface area contributed by atoms with Crippen molar-refractivity contribution in [2.24, 2.45) is 5.92 Å². The average molecular weight is 240 g/mol. The van der Waals surface area contributed by atoms with Gasteiger partial charge in [0.15, 0.2) is 0 Å². The molecule has 1 aromatic heterocycles. The summed E-state index contributed by atoms with van der Waals surface area (Å²) in [5.41, 5.74) is 0.909. The molecule has 0 saturated heterocycles. The minimum Gasteiger partial charge on any atom is -0.351 e. The Morgan fingerprint density at radius 2 is 2.19 bits per heavy atom. The van der Waals surface area contributed by atoms with Gasteiger partial charge < -0.3 is 5.32 Å². The molecule has 0 radical (unpaired) electrons. The first-order valence-electron chi connectivity index (χ1n) is 5.91. The summed E-state index contributed by atoms with van der Waals surface area (Å²) in [5, 5.41) is 3.90. The van der Waals surface area contributed by atoms with Gasteiger partial charge in [-0.1, -0.05) is 31.4 Å². The van der Waals surface area contributed by atoms with Crippen molar-refractivity contribution in [2.45, 2.75) is 45.6 Å². The van der Waals surface area contributed by atoms with E-state index in [1.54, 1.807) is 6.07 Å². The maximum Gasteiger partial charge on any atom is 0.224 e. The number of aromatic nitrogens is 2. The van der Waals surface area contributed by atoms with E-state index in [1.165, 1.54) is 25.7 Å². The quantitative estimate of drug-likeness (QED) is 0.804. The Bertz CT molecular complexity index is 347. The minimum atomic E-state index is 0.501. The Hall–Kier alpha value is -0.830. The maximum atomic E-state index is 5.91. The van der Waals surface area contributed by atoms with Crippen molar-refractivity contribution in [2.75, 3.05) is 5.32 Å². The van der Waals surface area contributed by atoms with E-state index in [0.717, 1.165) is 11.6 Å². The molecule has 1 aliphatic rings. The number of hydrogen-bond acceptors (Lipinski definition) is 3. The van der Waals surface area contributed by atoms with Crippen LogP contribution < -0.4 is 5.32 Å². The van der Waals surface area contributed by atoms with Crippen LogP contribution in [0.4, 0.5) is 5.95 Å². The molecule has 1 aromatic rings. The topological polar surface area (TPSA) is 37.8 Å². The second-order valence-corrected chi connectivity index (χ2v) is 5.16. The number of rotatable bonds is 2. The van der Waals surface area contributed by atoms with Gasteiger partial charge in [0.1, 0.15) is 5.15 Å². The van der Waals surface area contributed by atoms with Crippen LogP contribution in [0.3, 0.4) is 0 Å². The highest BCUT2D eigenvalue weighted by atomic mass is 35.5. The van der Waals surface area contributed by atoms with E-state index in [0.29, 0.717) is 17.1 Å². The van der Waals surface area contributed by atoms with Crippen molar-refractivity contribution in [3.8, 4) is 0 Å². The highest BCUT2D eigenvalue weighted by Crippen LogP contribution is 2.25. The van der Waals surface area contributed by atoms with Gasteiger partial charge >= 0.3 is 0 Å². The van der Waals surface area contributed by atoms with Crippen LogP contribution in [0.25, 0.3) is 0 Å². The zero-order valence-electron chi connectivity index (χ0n) is 9.83. The lowest BCUT2D eigenvalue weighted by atomic mass is 9.87. The third-order valence-electron chi connectivity index (χ3n) is 3.09. The van der Waals surface area contributed by atoms with E-state index in [-0.39, 0.29) is 0 Å². The standard InChI is InChI=1S/C12H18ClN3/c1-8-4-3-5-10(6-8)15-12-14-9(2)7-11(13)16-12/h7-8,10H,3-6H2,1-2H3,(H,14,15,16).